The molecule has 3 aromatic rings. The molecular weight excluding hydrogens is 304 g/mol. The Kier molecular flexibility index (Phi) is 4.60. The second kappa shape index (κ2) is 7.18. The van der Waals surface area contributed by atoms with Crippen LogP contribution in [-0.2, 0) is 6.42 Å². The summed E-state index contributed by atoms with van der Waals surface area (Å²) in [5.74, 6) is 0.652. The summed E-state index contributed by atoms with van der Waals surface area (Å²) >= 11 is 0. The summed E-state index contributed by atoms with van der Waals surface area (Å²) in [6, 6.07) is 22.1. The quantitative estimate of drug-likeness (QED) is 0.636. The molecule has 1 aliphatic rings. The van der Waals surface area contributed by atoms with E-state index < -0.39 is 0 Å². The first-order valence-electron chi connectivity index (χ1n) is 9.39. The number of aromatic nitrogens is 1. The van der Waals surface area contributed by atoms with E-state index in [0.717, 1.165) is 19.4 Å². The van der Waals surface area contributed by atoms with E-state index in [4.69, 9.17) is 0 Å². The molecule has 0 bridgehead atoms. The molecule has 0 radical (unpaired) electrons. The summed E-state index contributed by atoms with van der Waals surface area (Å²) in [5, 5.41) is 1.30. The second-order valence-corrected chi connectivity index (χ2v) is 7.05. The van der Waals surface area contributed by atoms with E-state index >= 15 is 0 Å². The lowest BCUT2D eigenvalue weighted by molar-refractivity contribution is 0.238. The van der Waals surface area contributed by atoms with Gasteiger partial charge in [-0.25, -0.2) is 0 Å². The van der Waals surface area contributed by atoms with Crippen molar-refractivity contribution in [3.8, 4) is 0 Å². The summed E-state index contributed by atoms with van der Waals surface area (Å²) in [4.78, 5) is 6.13. The van der Waals surface area contributed by atoms with E-state index in [1.807, 2.05) is 0 Å². The van der Waals surface area contributed by atoms with Crippen LogP contribution in [0.5, 0.6) is 0 Å². The van der Waals surface area contributed by atoms with Crippen molar-refractivity contribution in [3.63, 3.8) is 0 Å². The number of H-pyrrole nitrogens is 1. The largest absolute Gasteiger partial charge is 0.369 e. The van der Waals surface area contributed by atoms with Gasteiger partial charge in [0.25, 0.3) is 0 Å². The Morgan fingerprint density at radius 1 is 1.08 bits per heavy atom. The fraction of sp³-hybridized carbons (Fsp3) is 0.304. The highest BCUT2D eigenvalue weighted by Gasteiger charge is 2.22. The van der Waals surface area contributed by atoms with Gasteiger partial charge in [-0.1, -0.05) is 61.5 Å². The normalized spacial score (nSPS) is 18.6. The van der Waals surface area contributed by atoms with Crippen molar-refractivity contribution in [2.75, 3.05) is 6.54 Å². The minimum absolute atomic E-state index is 0.432. The molecule has 0 saturated carbocycles. The highest BCUT2D eigenvalue weighted by molar-refractivity contribution is 5.80. The van der Waals surface area contributed by atoms with Gasteiger partial charge in [0.15, 0.2) is 0 Å². The van der Waals surface area contributed by atoms with Crippen LogP contribution in [-0.4, -0.2) is 16.4 Å². The molecule has 2 aromatic carbocycles. The molecule has 2 atom stereocenters. The third-order valence-corrected chi connectivity index (χ3v) is 5.35. The Morgan fingerprint density at radius 2 is 1.88 bits per heavy atom. The summed E-state index contributed by atoms with van der Waals surface area (Å²) in [6.45, 7) is 3.40. The molecule has 0 aliphatic carbocycles. The maximum atomic E-state index is 3.62. The van der Waals surface area contributed by atoms with Crippen LogP contribution < -0.4 is 0 Å². The molecule has 0 saturated heterocycles. The number of allylic oxidation sites excluding steroid dienone is 1. The van der Waals surface area contributed by atoms with Gasteiger partial charge in [0, 0.05) is 17.8 Å². The molecule has 2 heteroatoms. The van der Waals surface area contributed by atoms with Crippen molar-refractivity contribution in [3.05, 3.63) is 84.2 Å². The van der Waals surface area contributed by atoms with Crippen LogP contribution in [0.4, 0.5) is 0 Å². The van der Waals surface area contributed by atoms with E-state index in [9.17, 15) is 0 Å². The standard InChI is InChI=1S/C23H26N2/c1-2-23(22-17-20-10-6-7-11-21(20)24-22)25-14-12-19(13-15-25)16-18-8-4-3-5-9-18/h3-12,14,17,19,23-24H,2,13,15-16H2,1H3. The van der Waals surface area contributed by atoms with Gasteiger partial charge in [-0.3, -0.25) is 0 Å². The molecule has 4 rings (SSSR count). The molecule has 0 spiro atoms. The molecule has 0 fully saturated rings. The maximum Gasteiger partial charge on any atom is 0.0683 e. The molecule has 2 unspecified atom stereocenters. The second-order valence-electron chi connectivity index (χ2n) is 7.05. The zero-order valence-corrected chi connectivity index (χ0v) is 14.9. The lowest BCUT2D eigenvalue weighted by atomic mass is 9.93. The molecule has 128 valence electrons. The fourth-order valence-electron chi connectivity index (χ4n) is 3.97. The molecular formula is C23H26N2. The van der Waals surface area contributed by atoms with Crippen molar-refractivity contribution >= 4 is 10.9 Å². The Morgan fingerprint density at radius 3 is 2.60 bits per heavy atom. The zero-order chi connectivity index (χ0) is 17.1. The number of hydrogen-bond donors (Lipinski definition) is 1. The average molecular weight is 330 g/mol. The van der Waals surface area contributed by atoms with Crippen LogP contribution in [0, 0.1) is 5.92 Å². The third kappa shape index (κ3) is 3.48. The van der Waals surface area contributed by atoms with E-state index in [1.54, 1.807) is 0 Å². The smallest absolute Gasteiger partial charge is 0.0683 e. The fourth-order valence-corrected chi connectivity index (χ4v) is 3.97. The van der Waals surface area contributed by atoms with Crippen LogP contribution in [0.15, 0.2) is 72.9 Å². The minimum Gasteiger partial charge on any atom is -0.369 e. The minimum atomic E-state index is 0.432. The zero-order valence-electron chi connectivity index (χ0n) is 14.9. The Balaban J connectivity index is 1.48. The van der Waals surface area contributed by atoms with Crippen molar-refractivity contribution in [1.82, 2.24) is 9.88 Å². The van der Waals surface area contributed by atoms with Gasteiger partial charge in [0.2, 0.25) is 0 Å². The van der Waals surface area contributed by atoms with Crippen LogP contribution in [0.3, 0.4) is 0 Å². The van der Waals surface area contributed by atoms with E-state index in [0.29, 0.717) is 12.0 Å². The summed E-state index contributed by atoms with van der Waals surface area (Å²) in [7, 11) is 0. The Bertz CT molecular complexity index is 814. The summed E-state index contributed by atoms with van der Waals surface area (Å²) < 4.78 is 0. The van der Waals surface area contributed by atoms with Gasteiger partial charge in [-0.2, -0.15) is 0 Å². The van der Waals surface area contributed by atoms with E-state index in [1.165, 1.54) is 28.6 Å². The van der Waals surface area contributed by atoms with Crippen molar-refractivity contribution in [1.29, 1.82) is 0 Å². The number of hydrogen-bond acceptors (Lipinski definition) is 1. The monoisotopic (exact) mass is 330 g/mol. The molecule has 2 nitrogen and oxygen atoms in total. The topological polar surface area (TPSA) is 19.0 Å². The molecule has 1 aromatic heterocycles. The predicted molar refractivity (Wildman–Crippen MR) is 105 cm³/mol. The number of para-hydroxylation sites is 1. The van der Waals surface area contributed by atoms with Crippen molar-refractivity contribution < 1.29 is 0 Å². The molecule has 1 aliphatic heterocycles. The third-order valence-electron chi connectivity index (χ3n) is 5.35. The van der Waals surface area contributed by atoms with Crippen LogP contribution >= 0.6 is 0 Å². The number of nitrogens with zero attached hydrogens (tertiary/aromatic N) is 1. The van der Waals surface area contributed by atoms with Gasteiger partial charge < -0.3 is 9.88 Å². The molecule has 1 N–H and O–H groups in total. The number of aromatic amines is 1. The van der Waals surface area contributed by atoms with Gasteiger partial charge in [-0.05, 0) is 54.5 Å². The van der Waals surface area contributed by atoms with Crippen LogP contribution in [0.1, 0.15) is 37.1 Å². The van der Waals surface area contributed by atoms with Gasteiger partial charge in [0.1, 0.15) is 0 Å². The first-order chi connectivity index (χ1) is 12.3. The first-order valence-corrected chi connectivity index (χ1v) is 9.39. The Labute approximate surface area is 150 Å². The summed E-state index contributed by atoms with van der Waals surface area (Å²) in [6.07, 6.45) is 8.22. The van der Waals surface area contributed by atoms with Crippen LogP contribution in [0.2, 0.25) is 0 Å². The lowest BCUT2D eigenvalue weighted by Gasteiger charge is -2.34. The average Bonchev–Trinajstić information content (AvgIpc) is 3.08. The summed E-state index contributed by atoms with van der Waals surface area (Å²) in [5.41, 5.74) is 4.00. The maximum absolute atomic E-state index is 3.62. The van der Waals surface area contributed by atoms with Crippen molar-refractivity contribution in [2.24, 2.45) is 5.92 Å². The lowest BCUT2D eigenvalue weighted by Crippen LogP contribution is -2.29. The molecule has 2 heterocycles. The molecule has 0 amide bonds. The number of nitrogens with one attached hydrogen (secondary N) is 1. The highest BCUT2D eigenvalue weighted by atomic mass is 15.2. The number of fused-ring (bicyclic) bond motifs is 1. The number of rotatable bonds is 5. The van der Waals surface area contributed by atoms with E-state index in [-0.39, 0.29) is 0 Å². The predicted octanol–water partition coefficient (Wildman–Crippen LogP) is 5.70. The van der Waals surface area contributed by atoms with Gasteiger partial charge >= 0.3 is 0 Å². The van der Waals surface area contributed by atoms with Crippen LogP contribution in [0.25, 0.3) is 10.9 Å². The molecule has 25 heavy (non-hydrogen) atoms. The van der Waals surface area contributed by atoms with Gasteiger partial charge in [0.05, 0.1) is 6.04 Å². The highest BCUT2D eigenvalue weighted by Crippen LogP contribution is 2.30. The Hall–Kier alpha value is -2.48. The van der Waals surface area contributed by atoms with Crippen molar-refractivity contribution in [2.45, 2.75) is 32.2 Å². The first kappa shape index (κ1) is 16.0. The number of benzene rings is 2. The van der Waals surface area contributed by atoms with E-state index in [2.05, 4.69) is 89.7 Å². The SMILES string of the molecule is CCC(c1cc2ccccc2[nH]1)N1C=CC(Cc2ccccc2)CC1. The van der Waals surface area contributed by atoms with Gasteiger partial charge in [-0.15, -0.1) is 0 Å².